The third-order valence-corrected chi connectivity index (χ3v) is 7.65. The Morgan fingerprint density at radius 1 is 1.21 bits per heavy atom. The molecule has 1 saturated heterocycles. The van der Waals surface area contributed by atoms with Gasteiger partial charge in [-0.15, -0.1) is 11.3 Å². The van der Waals surface area contributed by atoms with Gasteiger partial charge in [-0.05, 0) is 58.1 Å². The minimum atomic E-state index is -0.0724. The van der Waals surface area contributed by atoms with Gasteiger partial charge in [0.05, 0.1) is 10.3 Å². The molecule has 2 aliphatic rings. The van der Waals surface area contributed by atoms with Crippen molar-refractivity contribution in [2.24, 2.45) is 0 Å². The highest BCUT2D eigenvalue weighted by Crippen LogP contribution is 2.28. The monoisotopic (exact) mass is 416 g/mol. The number of thiophene rings is 1. The number of carbonyl (C=O) groups excluding carboxylic acids is 1. The first-order chi connectivity index (χ1) is 14.1. The van der Waals surface area contributed by atoms with Crippen molar-refractivity contribution in [1.82, 2.24) is 19.8 Å². The summed E-state index contributed by atoms with van der Waals surface area (Å²) in [6.45, 7) is 7.79. The number of hydrogen-bond acceptors (Lipinski definition) is 5. The minimum absolute atomic E-state index is 0.0267. The van der Waals surface area contributed by atoms with Gasteiger partial charge in [0, 0.05) is 32.1 Å². The van der Waals surface area contributed by atoms with E-state index in [-0.39, 0.29) is 11.5 Å². The average molecular weight is 417 g/mol. The number of carbonyl (C=O) groups is 1. The third kappa shape index (κ3) is 4.26. The second-order valence-corrected chi connectivity index (χ2v) is 9.52. The summed E-state index contributed by atoms with van der Waals surface area (Å²) < 4.78 is 1.83. The fourth-order valence-electron chi connectivity index (χ4n) is 4.68. The van der Waals surface area contributed by atoms with Gasteiger partial charge in [0.1, 0.15) is 10.7 Å². The van der Waals surface area contributed by atoms with E-state index < -0.39 is 0 Å². The lowest BCUT2D eigenvalue weighted by Crippen LogP contribution is -2.39. The van der Waals surface area contributed by atoms with E-state index >= 15 is 0 Å². The normalized spacial score (nSPS) is 20.4. The summed E-state index contributed by atoms with van der Waals surface area (Å²) in [6, 6.07) is 0.651. The van der Waals surface area contributed by atoms with Crippen LogP contribution in [0.5, 0.6) is 0 Å². The number of hydrogen-bond donors (Lipinski definition) is 1. The predicted molar refractivity (Wildman–Crippen MR) is 118 cm³/mol. The molecular weight excluding hydrogens is 384 g/mol. The standard InChI is InChI=1S/C22H32N4O2S/c1-15-9-5-7-12-25(15)13-8-11-23-20(27)19-16(2)18-21(29-19)24-17-10-4-3-6-14-26(17)22(18)28/h15H,3-14H2,1-2H3,(H,23,27). The summed E-state index contributed by atoms with van der Waals surface area (Å²) in [4.78, 5) is 34.5. The van der Waals surface area contributed by atoms with Crippen LogP contribution in [0, 0.1) is 6.92 Å². The van der Waals surface area contributed by atoms with E-state index in [1.54, 1.807) is 0 Å². The number of fused-ring (bicyclic) bond motifs is 2. The quantitative estimate of drug-likeness (QED) is 0.758. The number of likely N-dealkylation sites (tertiary alicyclic amines) is 1. The highest BCUT2D eigenvalue weighted by atomic mass is 32.1. The Balaban J connectivity index is 1.44. The number of amides is 1. The van der Waals surface area contributed by atoms with Crippen molar-refractivity contribution < 1.29 is 4.79 Å². The number of nitrogens with zero attached hydrogens (tertiary/aromatic N) is 3. The Morgan fingerprint density at radius 2 is 2.03 bits per heavy atom. The lowest BCUT2D eigenvalue weighted by molar-refractivity contribution is 0.0952. The summed E-state index contributed by atoms with van der Waals surface area (Å²) in [5, 5.41) is 3.69. The van der Waals surface area contributed by atoms with Crippen molar-refractivity contribution in [3.8, 4) is 0 Å². The summed E-state index contributed by atoms with van der Waals surface area (Å²) in [6.07, 6.45) is 8.92. The SMILES string of the molecule is Cc1c(C(=O)NCCCN2CCCCC2C)sc2nc3n(c(=O)c12)CCCCC3. The molecule has 0 aromatic carbocycles. The first-order valence-electron chi connectivity index (χ1n) is 11.1. The molecule has 0 spiro atoms. The molecule has 0 saturated carbocycles. The van der Waals surface area contributed by atoms with Gasteiger partial charge < -0.3 is 10.2 Å². The predicted octanol–water partition coefficient (Wildman–Crippen LogP) is 3.49. The Bertz CT molecular complexity index is 948. The zero-order chi connectivity index (χ0) is 20.4. The number of aryl methyl sites for hydroxylation is 2. The topological polar surface area (TPSA) is 67.2 Å². The number of piperidine rings is 1. The van der Waals surface area contributed by atoms with Crippen molar-refractivity contribution in [2.75, 3.05) is 19.6 Å². The van der Waals surface area contributed by atoms with Crippen LogP contribution >= 0.6 is 11.3 Å². The van der Waals surface area contributed by atoms with Gasteiger partial charge in [-0.2, -0.15) is 0 Å². The summed E-state index contributed by atoms with van der Waals surface area (Å²) >= 11 is 1.37. The van der Waals surface area contributed by atoms with E-state index in [0.717, 1.165) is 56.6 Å². The van der Waals surface area contributed by atoms with Crippen LogP contribution in [0.2, 0.25) is 0 Å². The van der Waals surface area contributed by atoms with Crippen LogP contribution < -0.4 is 10.9 Å². The zero-order valence-electron chi connectivity index (χ0n) is 17.6. The molecule has 1 unspecified atom stereocenters. The maximum absolute atomic E-state index is 13.0. The Kier molecular flexibility index (Phi) is 6.35. The molecule has 2 aromatic heterocycles. The highest BCUT2D eigenvalue weighted by Gasteiger charge is 2.22. The maximum atomic E-state index is 13.0. The highest BCUT2D eigenvalue weighted by molar-refractivity contribution is 7.20. The summed E-state index contributed by atoms with van der Waals surface area (Å²) in [5.74, 6) is 0.806. The van der Waals surface area contributed by atoms with Gasteiger partial charge in [0.2, 0.25) is 0 Å². The summed E-state index contributed by atoms with van der Waals surface area (Å²) in [5.41, 5.74) is 0.808. The molecule has 7 heteroatoms. The molecule has 0 radical (unpaired) electrons. The molecule has 158 valence electrons. The lowest BCUT2D eigenvalue weighted by Gasteiger charge is -2.33. The molecule has 1 atom stereocenters. The first kappa shape index (κ1) is 20.5. The van der Waals surface area contributed by atoms with E-state index in [1.165, 1.54) is 37.1 Å². The number of rotatable bonds is 5. The molecular formula is C22H32N4O2S. The van der Waals surface area contributed by atoms with Crippen LogP contribution in [-0.4, -0.2) is 46.0 Å². The fraction of sp³-hybridized carbons (Fsp3) is 0.682. The van der Waals surface area contributed by atoms with Gasteiger partial charge in [0.15, 0.2) is 0 Å². The van der Waals surface area contributed by atoms with Crippen molar-refractivity contribution in [3.05, 3.63) is 26.6 Å². The smallest absolute Gasteiger partial charge is 0.262 e. The van der Waals surface area contributed by atoms with Crippen molar-refractivity contribution in [3.63, 3.8) is 0 Å². The van der Waals surface area contributed by atoms with Gasteiger partial charge in [-0.25, -0.2) is 4.98 Å². The molecule has 1 amide bonds. The van der Waals surface area contributed by atoms with Crippen LogP contribution in [0.3, 0.4) is 0 Å². The second-order valence-electron chi connectivity index (χ2n) is 8.52. The summed E-state index contributed by atoms with van der Waals surface area (Å²) in [7, 11) is 0. The zero-order valence-corrected chi connectivity index (χ0v) is 18.4. The van der Waals surface area contributed by atoms with Crippen molar-refractivity contribution in [1.29, 1.82) is 0 Å². The van der Waals surface area contributed by atoms with E-state index in [2.05, 4.69) is 17.1 Å². The molecule has 1 fully saturated rings. The molecule has 2 aliphatic heterocycles. The van der Waals surface area contributed by atoms with Gasteiger partial charge in [0.25, 0.3) is 11.5 Å². The molecule has 1 N–H and O–H groups in total. The van der Waals surface area contributed by atoms with Crippen LogP contribution in [0.25, 0.3) is 10.2 Å². The van der Waals surface area contributed by atoms with Crippen LogP contribution in [0.1, 0.15) is 72.9 Å². The van der Waals surface area contributed by atoms with Crippen molar-refractivity contribution >= 4 is 27.5 Å². The Morgan fingerprint density at radius 3 is 2.86 bits per heavy atom. The van der Waals surface area contributed by atoms with E-state index in [0.29, 0.717) is 27.7 Å². The second kappa shape index (κ2) is 8.96. The first-order valence-corrected chi connectivity index (χ1v) is 11.9. The van der Waals surface area contributed by atoms with Gasteiger partial charge in [-0.1, -0.05) is 12.8 Å². The molecule has 0 aliphatic carbocycles. The number of aromatic nitrogens is 2. The fourth-order valence-corrected chi connectivity index (χ4v) is 5.79. The van der Waals surface area contributed by atoms with Crippen LogP contribution in [0.4, 0.5) is 0 Å². The molecule has 4 rings (SSSR count). The minimum Gasteiger partial charge on any atom is -0.351 e. The molecule has 6 nitrogen and oxygen atoms in total. The number of nitrogens with one attached hydrogen (secondary N) is 1. The van der Waals surface area contributed by atoms with Crippen LogP contribution in [0.15, 0.2) is 4.79 Å². The Labute approximate surface area is 176 Å². The largest absolute Gasteiger partial charge is 0.351 e. The molecule has 29 heavy (non-hydrogen) atoms. The van der Waals surface area contributed by atoms with Gasteiger partial charge in [-0.3, -0.25) is 14.2 Å². The lowest BCUT2D eigenvalue weighted by atomic mass is 10.0. The van der Waals surface area contributed by atoms with Crippen LogP contribution in [-0.2, 0) is 13.0 Å². The maximum Gasteiger partial charge on any atom is 0.262 e. The van der Waals surface area contributed by atoms with E-state index in [1.807, 2.05) is 11.5 Å². The molecule has 2 aromatic rings. The average Bonchev–Trinajstić information content (AvgIpc) is 2.88. The molecule has 0 bridgehead atoms. The van der Waals surface area contributed by atoms with Crippen molar-refractivity contribution in [2.45, 2.75) is 77.8 Å². The van der Waals surface area contributed by atoms with E-state index in [9.17, 15) is 9.59 Å². The molecule has 4 heterocycles. The van der Waals surface area contributed by atoms with E-state index in [4.69, 9.17) is 4.98 Å². The van der Waals surface area contributed by atoms with Gasteiger partial charge >= 0.3 is 0 Å². The third-order valence-electron chi connectivity index (χ3n) is 6.47. The Hall–Kier alpha value is -1.73.